The second-order valence-corrected chi connectivity index (χ2v) is 6.99. The van der Waals surface area contributed by atoms with E-state index in [4.69, 9.17) is 0 Å². The van der Waals surface area contributed by atoms with Gasteiger partial charge in [-0.3, -0.25) is 0 Å². The van der Waals surface area contributed by atoms with Crippen LogP contribution in [0, 0.1) is 0 Å². The van der Waals surface area contributed by atoms with Gasteiger partial charge in [0.2, 0.25) is 0 Å². The molecule has 21 heavy (non-hydrogen) atoms. The molecule has 1 fully saturated rings. The van der Waals surface area contributed by atoms with Crippen molar-refractivity contribution in [1.82, 2.24) is 15.0 Å². The molecule has 1 saturated carbocycles. The van der Waals surface area contributed by atoms with E-state index in [1.165, 1.54) is 17.7 Å². The molecule has 0 bridgehead atoms. The molecule has 4 rings (SSSR count). The predicted octanol–water partition coefficient (Wildman–Crippen LogP) is 4.45. The van der Waals surface area contributed by atoms with Crippen LogP contribution in [0.1, 0.15) is 25.7 Å². The van der Waals surface area contributed by atoms with Crippen molar-refractivity contribution >= 4 is 22.8 Å². The van der Waals surface area contributed by atoms with Gasteiger partial charge < -0.3 is 0 Å². The van der Waals surface area contributed by atoms with Crippen LogP contribution in [0.15, 0.2) is 59.5 Å². The molecule has 0 amide bonds. The van der Waals surface area contributed by atoms with Gasteiger partial charge in [0.1, 0.15) is 10.4 Å². The average Bonchev–Trinajstić information content (AvgIpc) is 3.15. The van der Waals surface area contributed by atoms with Crippen molar-refractivity contribution in [3.8, 4) is 0 Å². The smallest absolute Gasteiger partial charge is 0.115 e. The molecular weight excluding hydrogens is 278 g/mol. The normalized spacial score (nSPS) is 17.3. The maximum atomic E-state index is 4.49. The lowest BCUT2D eigenvalue weighted by molar-refractivity contribution is 0.414. The lowest BCUT2D eigenvalue weighted by Crippen LogP contribution is -2.27. The van der Waals surface area contributed by atoms with Crippen molar-refractivity contribution in [2.45, 2.75) is 35.4 Å². The topological polar surface area (TPSA) is 30.7 Å². The molecule has 0 saturated heterocycles. The Hall–Kier alpha value is -1.81. The standard InChI is InChI=1S/C17H17N3S/c1-2-8-14(9-3-1)21-17(12-6-7-13-17)20-16-11-5-4-10-15(16)18-19-20/h1-5,8-11H,6-7,12-13H2. The molecular formula is C17H17N3S. The van der Waals surface area contributed by atoms with Crippen LogP contribution in [0.5, 0.6) is 0 Å². The van der Waals surface area contributed by atoms with Crippen molar-refractivity contribution in [3.05, 3.63) is 54.6 Å². The summed E-state index contributed by atoms with van der Waals surface area (Å²) in [4.78, 5) is 1.32. The van der Waals surface area contributed by atoms with E-state index in [2.05, 4.69) is 57.5 Å². The van der Waals surface area contributed by atoms with Crippen LogP contribution in [0.3, 0.4) is 0 Å². The maximum Gasteiger partial charge on any atom is 0.115 e. The predicted molar refractivity (Wildman–Crippen MR) is 86.3 cm³/mol. The molecule has 1 aliphatic rings. The fourth-order valence-corrected chi connectivity index (χ4v) is 4.61. The molecule has 1 aromatic heterocycles. The second kappa shape index (κ2) is 5.19. The summed E-state index contributed by atoms with van der Waals surface area (Å²) in [5, 5.41) is 8.84. The molecule has 1 heterocycles. The van der Waals surface area contributed by atoms with Gasteiger partial charge in [0.25, 0.3) is 0 Å². The summed E-state index contributed by atoms with van der Waals surface area (Å²) in [6, 6.07) is 18.9. The number of aromatic nitrogens is 3. The van der Waals surface area contributed by atoms with Crippen molar-refractivity contribution in [2.24, 2.45) is 0 Å². The molecule has 3 aromatic rings. The van der Waals surface area contributed by atoms with Crippen LogP contribution in [-0.2, 0) is 4.87 Å². The van der Waals surface area contributed by atoms with E-state index in [1.54, 1.807) is 0 Å². The zero-order chi connectivity index (χ0) is 14.1. The number of rotatable bonds is 3. The summed E-state index contributed by atoms with van der Waals surface area (Å²) < 4.78 is 2.16. The largest absolute Gasteiger partial charge is 0.228 e. The highest BCUT2D eigenvalue weighted by molar-refractivity contribution is 8.00. The Balaban J connectivity index is 1.80. The Labute approximate surface area is 128 Å². The summed E-state index contributed by atoms with van der Waals surface area (Å²) >= 11 is 1.93. The molecule has 2 aromatic carbocycles. The van der Waals surface area contributed by atoms with Crippen LogP contribution >= 0.6 is 11.8 Å². The highest BCUT2D eigenvalue weighted by Gasteiger charge is 2.39. The van der Waals surface area contributed by atoms with Gasteiger partial charge in [-0.15, -0.1) is 5.10 Å². The van der Waals surface area contributed by atoms with Crippen molar-refractivity contribution in [3.63, 3.8) is 0 Å². The first-order valence-corrected chi connectivity index (χ1v) is 8.24. The number of hydrogen-bond acceptors (Lipinski definition) is 3. The molecule has 106 valence electrons. The van der Waals surface area contributed by atoms with Gasteiger partial charge in [0.05, 0.1) is 5.52 Å². The van der Waals surface area contributed by atoms with Gasteiger partial charge >= 0.3 is 0 Å². The van der Waals surface area contributed by atoms with Crippen LogP contribution in [-0.4, -0.2) is 15.0 Å². The summed E-state index contributed by atoms with van der Waals surface area (Å²) in [6.45, 7) is 0. The summed E-state index contributed by atoms with van der Waals surface area (Å²) in [5.74, 6) is 0. The Kier molecular flexibility index (Phi) is 3.19. The maximum absolute atomic E-state index is 4.49. The Morgan fingerprint density at radius 2 is 1.62 bits per heavy atom. The average molecular weight is 295 g/mol. The van der Waals surface area contributed by atoms with E-state index in [0.717, 1.165) is 23.9 Å². The number of para-hydroxylation sites is 1. The fraction of sp³-hybridized carbons (Fsp3) is 0.294. The number of fused-ring (bicyclic) bond motifs is 1. The first-order chi connectivity index (χ1) is 10.4. The van der Waals surface area contributed by atoms with Crippen LogP contribution in [0.25, 0.3) is 11.0 Å². The molecule has 0 N–H and O–H groups in total. The Morgan fingerprint density at radius 3 is 2.43 bits per heavy atom. The van der Waals surface area contributed by atoms with E-state index < -0.39 is 0 Å². The highest BCUT2D eigenvalue weighted by atomic mass is 32.2. The van der Waals surface area contributed by atoms with Gasteiger partial charge in [0.15, 0.2) is 0 Å². The van der Waals surface area contributed by atoms with E-state index in [1.807, 2.05) is 23.9 Å². The van der Waals surface area contributed by atoms with Gasteiger partial charge in [-0.05, 0) is 37.1 Å². The lowest BCUT2D eigenvalue weighted by atomic mass is 10.2. The van der Waals surface area contributed by atoms with E-state index in [0.29, 0.717) is 0 Å². The minimum absolute atomic E-state index is 0.0114. The quantitative estimate of drug-likeness (QED) is 0.715. The van der Waals surface area contributed by atoms with Gasteiger partial charge in [-0.2, -0.15) is 0 Å². The fourth-order valence-electron chi connectivity index (χ4n) is 3.16. The van der Waals surface area contributed by atoms with Crippen LogP contribution in [0.4, 0.5) is 0 Å². The third-order valence-corrected chi connectivity index (χ3v) is 5.64. The zero-order valence-electron chi connectivity index (χ0n) is 11.8. The second-order valence-electron chi connectivity index (χ2n) is 5.56. The monoisotopic (exact) mass is 295 g/mol. The molecule has 0 atom stereocenters. The SMILES string of the molecule is c1ccc(SC2(n3nnc4ccccc43)CCCC2)cc1. The first kappa shape index (κ1) is 12.9. The summed E-state index contributed by atoms with van der Waals surface area (Å²) in [7, 11) is 0. The zero-order valence-corrected chi connectivity index (χ0v) is 12.6. The van der Waals surface area contributed by atoms with E-state index in [9.17, 15) is 0 Å². The molecule has 1 aliphatic carbocycles. The van der Waals surface area contributed by atoms with Gasteiger partial charge in [-0.25, -0.2) is 4.68 Å². The molecule has 4 heteroatoms. The lowest BCUT2D eigenvalue weighted by Gasteiger charge is -2.29. The minimum atomic E-state index is 0.0114. The van der Waals surface area contributed by atoms with E-state index >= 15 is 0 Å². The number of benzene rings is 2. The third kappa shape index (κ3) is 2.23. The van der Waals surface area contributed by atoms with Gasteiger partial charge in [0, 0.05) is 4.90 Å². The van der Waals surface area contributed by atoms with Crippen LogP contribution < -0.4 is 0 Å². The summed E-state index contributed by atoms with van der Waals surface area (Å²) in [6.07, 6.45) is 4.82. The summed E-state index contributed by atoms with van der Waals surface area (Å²) in [5.41, 5.74) is 2.13. The molecule has 0 aliphatic heterocycles. The van der Waals surface area contributed by atoms with Crippen molar-refractivity contribution < 1.29 is 0 Å². The number of nitrogens with zero attached hydrogens (tertiary/aromatic N) is 3. The molecule has 3 nitrogen and oxygen atoms in total. The van der Waals surface area contributed by atoms with Crippen molar-refractivity contribution in [1.29, 1.82) is 0 Å². The minimum Gasteiger partial charge on any atom is -0.228 e. The van der Waals surface area contributed by atoms with Crippen LogP contribution in [0.2, 0.25) is 0 Å². The number of thioether (sulfide) groups is 1. The highest BCUT2D eigenvalue weighted by Crippen LogP contribution is 2.49. The Morgan fingerprint density at radius 1 is 0.905 bits per heavy atom. The molecule has 0 radical (unpaired) electrons. The Bertz CT molecular complexity index is 745. The van der Waals surface area contributed by atoms with E-state index in [-0.39, 0.29) is 4.87 Å². The molecule has 0 spiro atoms. The van der Waals surface area contributed by atoms with Gasteiger partial charge in [-0.1, -0.05) is 60.1 Å². The number of hydrogen-bond donors (Lipinski definition) is 0. The third-order valence-electron chi connectivity index (χ3n) is 4.17. The first-order valence-electron chi connectivity index (χ1n) is 7.42. The van der Waals surface area contributed by atoms with Crippen molar-refractivity contribution in [2.75, 3.05) is 0 Å². The molecule has 0 unspecified atom stereocenters.